The van der Waals surface area contributed by atoms with Crippen LogP contribution in [0.2, 0.25) is 0 Å². The largest absolute Gasteiger partial charge is 0.387 e. The minimum atomic E-state index is -0.292. The monoisotopic (exact) mass is 259 g/mol. The van der Waals surface area contributed by atoms with E-state index >= 15 is 0 Å². The van der Waals surface area contributed by atoms with Crippen molar-refractivity contribution in [2.75, 3.05) is 18.4 Å². The van der Waals surface area contributed by atoms with Crippen molar-refractivity contribution in [3.63, 3.8) is 0 Å². The number of hydrogen-bond acceptors (Lipinski definition) is 4. The van der Waals surface area contributed by atoms with Gasteiger partial charge in [-0.3, -0.25) is 4.79 Å². The molecule has 1 fully saturated rings. The average molecular weight is 259 g/mol. The second-order valence-corrected chi connectivity index (χ2v) is 5.24. The zero-order valence-corrected chi connectivity index (χ0v) is 10.9. The van der Waals surface area contributed by atoms with Gasteiger partial charge in [0.25, 0.3) is 5.91 Å². The van der Waals surface area contributed by atoms with E-state index in [1.807, 2.05) is 31.2 Å². The molecule has 2 N–H and O–H groups in total. The lowest BCUT2D eigenvalue weighted by Gasteiger charge is -2.18. The number of anilines is 1. The Labute approximate surface area is 112 Å². The van der Waals surface area contributed by atoms with Crippen LogP contribution in [0.5, 0.6) is 0 Å². The van der Waals surface area contributed by atoms with Gasteiger partial charge in [0, 0.05) is 25.1 Å². The summed E-state index contributed by atoms with van der Waals surface area (Å²) in [6.45, 7) is 3.69. The Bertz CT molecular complexity index is 516. The van der Waals surface area contributed by atoms with Crippen LogP contribution in [0, 0.1) is 6.92 Å². The topological polar surface area (TPSA) is 62.7 Å². The van der Waals surface area contributed by atoms with E-state index in [2.05, 4.69) is 15.8 Å². The Balaban J connectivity index is 1.64. The maximum atomic E-state index is 12.1. The number of hydrogen-bond donors (Lipinski definition) is 2. The van der Waals surface area contributed by atoms with Crippen LogP contribution < -0.4 is 10.6 Å². The van der Waals surface area contributed by atoms with Gasteiger partial charge in [-0.25, -0.2) is 0 Å². The summed E-state index contributed by atoms with van der Waals surface area (Å²) in [7, 11) is 0. The summed E-state index contributed by atoms with van der Waals surface area (Å²) in [5, 5.41) is 10.0. The average Bonchev–Trinajstić information content (AvgIpc) is 3.03. The van der Waals surface area contributed by atoms with Crippen molar-refractivity contribution >= 4 is 17.3 Å². The maximum absolute atomic E-state index is 12.1. The molecule has 2 heterocycles. The van der Waals surface area contributed by atoms with Crippen molar-refractivity contribution in [2.45, 2.75) is 25.4 Å². The quantitative estimate of drug-likeness (QED) is 0.844. The molecular formula is C14H17N3O2. The van der Waals surface area contributed by atoms with Crippen LogP contribution in [0.25, 0.3) is 0 Å². The molecule has 19 heavy (non-hydrogen) atoms. The molecule has 3 rings (SSSR count). The number of nitrogens with zero attached hydrogens (tertiary/aromatic N) is 1. The minimum Gasteiger partial charge on any atom is -0.387 e. The van der Waals surface area contributed by atoms with Crippen molar-refractivity contribution < 1.29 is 9.63 Å². The molecule has 0 unspecified atom stereocenters. The van der Waals surface area contributed by atoms with Crippen LogP contribution in [0.3, 0.4) is 0 Å². The van der Waals surface area contributed by atoms with Crippen LogP contribution in [0.1, 0.15) is 18.4 Å². The summed E-state index contributed by atoms with van der Waals surface area (Å²) in [4.78, 5) is 17.6. The van der Waals surface area contributed by atoms with E-state index < -0.39 is 0 Å². The molecule has 0 radical (unpaired) electrons. The highest BCUT2D eigenvalue weighted by Gasteiger charge is 2.43. The van der Waals surface area contributed by atoms with Gasteiger partial charge >= 0.3 is 0 Å². The summed E-state index contributed by atoms with van der Waals surface area (Å²) in [5.41, 5.74) is 2.13. The van der Waals surface area contributed by atoms with Crippen LogP contribution >= 0.6 is 0 Å². The van der Waals surface area contributed by atoms with E-state index in [4.69, 9.17) is 4.84 Å². The molecule has 5 heteroatoms. The third kappa shape index (κ3) is 2.46. The van der Waals surface area contributed by atoms with E-state index in [-0.39, 0.29) is 11.5 Å². The fourth-order valence-corrected chi connectivity index (χ4v) is 2.43. The first-order chi connectivity index (χ1) is 9.17. The normalized spacial score (nSPS) is 25.2. The molecule has 5 nitrogen and oxygen atoms in total. The molecule has 2 aliphatic heterocycles. The van der Waals surface area contributed by atoms with E-state index in [0.29, 0.717) is 12.1 Å². The second-order valence-electron chi connectivity index (χ2n) is 5.24. The van der Waals surface area contributed by atoms with Crippen molar-refractivity contribution in [1.29, 1.82) is 0 Å². The van der Waals surface area contributed by atoms with Gasteiger partial charge in [-0.15, -0.1) is 0 Å². The van der Waals surface area contributed by atoms with Crippen molar-refractivity contribution in [3.05, 3.63) is 29.8 Å². The van der Waals surface area contributed by atoms with E-state index in [1.165, 1.54) is 0 Å². The molecule has 1 spiro atoms. The minimum absolute atomic E-state index is 0.173. The highest BCUT2D eigenvalue weighted by molar-refractivity contribution is 6.43. The predicted molar refractivity (Wildman–Crippen MR) is 73.2 cm³/mol. The first kappa shape index (κ1) is 12.2. The van der Waals surface area contributed by atoms with E-state index in [1.54, 1.807) is 0 Å². The molecule has 0 aliphatic carbocycles. The first-order valence-electron chi connectivity index (χ1n) is 6.51. The third-order valence-electron chi connectivity index (χ3n) is 3.62. The highest BCUT2D eigenvalue weighted by Crippen LogP contribution is 2.30. The third-order valence-corrected chi connectivity index (χ3v) is 3.62. The van der Waals surface area contributed by atoms with Gasteiger partial charge in [0.05, 0.1) is 0 Å². The van der Waals surface area contributed by atoms with Crippen LogP contribution in [-0.2, 0) is 9.63 Å². The number of carbonyl (C=O) groups is 1. The summed E-state index contributed by atoms with van der Waals surface area (Å²) in [5.74, 6) is -0.173. The van der Waals surface area contributed by atoms with Crippen LogP contribution in [0.4, 0.5) is 5.69 Å². The smallest absolute Gasteiger partial charge is 0.273 e. The summed E-state index contributed by atoms with van der Waals surface area (Å²) in [6.07, 6.45) is 1.48. The van der Waals surface area contributed by atoms with E-state index in [0.717, 1.165) is 30.8 Å². The van der Waals surface area contributed by atoms with Crippen LogP contribution in [0.15, 0.2) is 29.4 Å². The van der Waals surface area contributed by atoms with Crippen molar-refractivity contribution in [1.82, 2.24) is 5.32 Å². The lowest BCUT2D eigenvalue weighted by Crippen LogP contribution is -2.33. The Hall–Kier alpha value is -1.88. The fourth-order valence-electron chi connectivity index (χ4n) is 2.43. The lowest BCUT2D eigenvalue weighted by molar-refractivity contribution is -0.110. The standard InChI is InChI=1S/C14H17N3O2/c1-10-2-4-11(5-3-10)16-13(18)12-8-14(19-17-12)6-7-15-9-14/h2-5,15H,6-9H2,1H3,(H,16,18)/t14-/m0/s1. The molecule has 1 aromatic carbocycles. The maximum Gasteiger partial charge on any atom is 0.273 e. The van der Waals surface area contributed by atoms with Gasteiger partial charge in [-0.2, -0.15) is 0 Å². The zero-order valence-electron chi connectivity index (χ0n) is 10.9. The Morgan fingerprint density at radius 2 is 2.21 bits per heavy atom. The molecule has 1 aromatic rings. The van der Waals surface area contributed by atoms with Gasteiger partial charge in [0.1, 0.15) is 5.71 Å². The molecule has 1 saturated heterocycles. The van der Waals surface area contributed by atoms with Gasteiger partial charge in [0.2, 0.25) is 0 Å². The molecule has 0 bridgehead atoms. The van der Waals surface area contributed by atoms with Crippen LogP contribution in [-0.4, -0.2) is 30.3 Å². The molecule has 0 saturated carbocycles. The number of amides is 1. The first-order valence-corrected chi connectivity index (χ1v) is 6.51. The molecule has 100 valence electrons. The van der Waals surface area contributed by atoms with Crippen molar-refractivity contribution in [2.24, 2.45) is 5.16 Å². The lowest BCUT2D eigenvalue weighted by atomic mass is 9.96. The number of carbonyl (C=O) groups excluding carboxylic acids is 1. The SMILES string of the molecule is Cc1ccc(NC(=O)C2=NO[C@@]3(CCNC3)C2)cc1. The highest BCUT2D eigenvalue weighted by atomic mass is 16.7. The fraction of sp³-hybridized carbons (Fsp3) is 0.429. The van der Waals surface area contributed by atoms with Gasteiger partial charge in [-0.05, 0) is 25.6 Å². The molecule has 1 amide bonds. The number of nitrogens with one attached hydrogen (secondary N) is 2. The predicted octanol–water partition coefficient (Wildman–Crippen LogP) is 1.44. The molecule has 0 aromatic heterocycles. The molecule has 1 atom stereocenters. The molecule has 2 aliphatic rings. The Kier molecular flexibility index (Phi) is 2.98. The summed E-state index contributed by atoms with van der Waals surface area (Å²) < 4.78 is 0. The van der Waals surface area contributed by atoms with E-state index in [9.17, 15) is 4.79 Å². The van der Waals surface area contributed by atoms with Gasteiger partial charge in [0.15, 0.2) is 5.60 Å². The Morgan fingerprint density at radius 3 is 2.89 bits per heavy atom. The summed E-state index contributed by atoms with van der Waals surface area (Å²) >= 11 is 0. The zero-order chi connectivity index (χ0) is 13.3. The number of benzene rings is 1. The molecular weight excluding hydrogens is 242 g/mol. The van der Waals surface area contributed by atoms with Crippen molar-refractivity contribution in [3.8, 4) is 0 Å². The number of rotatable bonds is 2. The summed E-state index contributed by atoms with van der Waals surface area (Å²) in [6, 6.07) is 7.70. The Morgan fingerprint density at radius 1 is 1.42 bits per heavy atom. The number of aryl methyl sites for hydroxylation is 1. The van der Waals surface area contributed by atoms with Gasteiger partial charge < -0.3 is 15.5 Å². The second kappa shape index (κ2) is 4.66. The van der Waals surface area contributed by atoms with Gasteiger partial charge in [-0.1, -0.05) is 22.9 Å². The number of oxime groups is 1.